The molecule has 60 heavy (non-hydrogen) atoms. The molecule has 0 spiro atoms. The molecule has 0 saturated heterocycles. The average molecular weight is 913 g/mol. The van der Waals surface area contributed by atoms with Gasteiger partial charge in [0.2, 0.25) is 17.0 Å². The molecule has 3 aliphatic rings. The van der Waals surface area contributed by atoms with Crippen molar-refractivity contribution in [2.24, 2.45) is 35.5 Å². The van der Waals surface area contributed by atoms with Crippen molar-refractivity contribution >= 4 is 17.9 Å². The maximum atomic E-state index is 14.5. The summed E-state index contributed by atoms with van der Waals surface area (Å²) >= 11 is 0. The molecular weight excluding hydrogens is 861 g/mol. The van der Waals surface area contributed by atoms with Gasteiger partial charge >= 0.3 is 29.8 Å². The number of carbonyl (C=O) groups is 3. The molecular formula is C36H51F15O9. The second-order valence-electron chi connectivity index (χ2n) is 15.3. The first-order chi connectivity index (χ1) is 27.0. The summed E-state index contributed by atoms with van der Waals surface area (Å²) in [4.78, 5) is 34.6. The molecule has 0 aliphatic heterocycles. The van der Waals surface area contributed by atoms with Crippen LogP contribution in [0.5, 0.6) is 0 Å². The minimum Gasteiger partial charge on any atom is -0.438 e. The summed E-state index contributed by atoms with van der Waals surface area (Å²) in [5.41, 5.74) is -12.3. The van der Waals surface area contributed by atoms with Gasteiger partial charge in [0.15, 0.2) is 20.4 Å². The van der Waals surface area contributed by atoms with Crippen LogP contribution in [0.25, 0.3) is 0 Å². The van der Waals surface area contributed by atoms with Gasteiger partial charge in [-0.3, -0.25) is 14.4 Å². The van der Waals surface area contributed by atoms with E-state index in [2.05, 4.69) is 28.4 Å². The fourth-order valence-electron chi connectivity index (χ4n) is 7.54. The molecule has 354 valence electrons. The molecule has 0 heterocycles. The van der Waals surface area contributed by atoms with Gasteiger partial charge in [0.05, 0.1) is 0 Å². The van der Waals surface area contributed by atoms with Crippen molar-refractivity contribution in [3.63, 3.8) is 0 Å². The zero-order valence-corrected chi connectivity index (χ0v) is 34.2. The van der Waals surface area contributed by atoms with E-state index in [0.29, 0.717) is 0 Å². The molecule has 9 nitrogen and oxygen atoms in total. The number of hydrogen-bond donors (Lipinski definition) is 0. The lowest BCUT2D eigenvalue weighted by Crippen LogP contribution is -2.66. The molecule has 0 bridgehead atoms. The van der Waals surface area contributed by atoms with E-state index in [9.17, 15) is 80.2 Å². The third kappa shape index (κ3) is 10.2. The predicted molar refractivity (Wildman–Crippen MR) is 178 cm³/mol. The Bertz CT molecular complexity index is 1420. The van der Waals surface area contributed by atoms with Gasteiger partial charge in [-0.1, -0.05) is 20.8 Å². The third-order valence-electron chi connectivity index (χ3n) is 11.1. The summed E-state index contributed by atoms with van der Waals surface area (Å²) < 4.78 is 234. The highest BCUT2D eigenvalue weighted by Gasteiger charge is 2.79. The first kappa shape index (κ1) is 55.3. The van der Waals surface area contributed by atoms with Crippen molar-refractivity contribution in [2.75, 3.05) is 41.7 Å². The highest BCUT2D eigenvalue weighted by atomic mass is 19.3. The lowest BCUT2D eigenvalue weighted by atomic mass is 9.67. The van der Waals surface area contributed by atoms with Gasteiger partial charge in [-0.15, -0.1) is 0 Å². The number of esters is 3. The van der Waals surface area contributed by atoms with Gasteiger partial charge < -0.3 is 28.4 Å². The Balaban J connectivity index is 0.000000450. The molecule has 0 aromatic carbocycles. The van der Waals surface area contributed by atoms with Crippen LogP contribution in [0.15, 0.2) is 0 Å². The summed E-state index contributed by atoms with van der Waals surface area (Å²) in [6, 6.07) is 0. The molecule has 0 radical (unpaired) electrons. The molecule has 0 N–H and O–H groups in total. The first-order valence-electron chi connectivity index (χ1n) is 18.3. The van der Waals surface area contributed by atoms with Crippen LogP contribution in [-0.2, 0) is 42.8 Å². The number of methoxy groups -OCH3 is 3. The Kier molecular flexibility index (Phi) is 18.2. The van der Waals surface area contributed by atoms with Crippen molar-refractivity contribution in [2.45, 2.75) is 133 Å². The Morgan fingerprint density at radius 3 is 1.22 bits per heavy atom. The topological polar surface area (TPSA) is 107 Å². The van der Waals surface area contributed by atoms with Crippen LogP contribution in [0, 0.1) is 35.5 Å². The van der Waals surface area contributed by atoms with E-state index in [1.807, 2.05) is 0 Å². The van der Waals surface area contributed by atoms with Crippen molar-refractivity contribution in [3.05, 3.63) is 0 Å². The summed E-state index contributed by atoms with van der Waals surface area (Å²) in [5, 5.41) is 0. The summed E-state index contributed by atoms with van der Waals surface area (Å²) in [7, 11) is 3.48. The maximum Gasteiger partial charge on any atom is 0.317 e. The highest BCUT2D eigenvalue weighted by molar-refractivity contribution is 5.75. The lowest BCUT2D eigenvalue weighted by Gasteiger charge is -2.47. The molecule has 0 aromatic heterocycles. The van der Waals surface area contributed by atoms with Crippen molar-refractivity contribution < 1.29 is 109 Å². The van der Waals surface area contributed by atoms with E-state index in [4.69, 9.17) is 0 Å². The minimum absolute atomic E-state index is 0.0937. The standard InChI is InChI=1S/3C12H17F5O3/c1-7-4-8(9(18)20-6-19-3)12(16,17)11(15,5-7)10(2,13)14;1-4-7-5-8(9(18)20-6-19-3)12(16,17)11(7,15)10(2,13)14;1-4-7-5-8(9(18)20-6-19-3)12(16,17)10(2,13)11(7,14)15/h3*7-8H,4-6H2,1-3H3. The van der Waals surface area contributed by atoms with Crippen LogP contribution < -0.4 is 0 Å². The van der Waals surface area contributed by atoms with Gasteiger partial charge in [0.25, 0.3) is 23.7 Å². The molecule has 3 aliphatic carbocycles. The van der Waals surface area contributed by atoms with Crippen LogP contribution in [0.4, 0.5) is 65.9 Å². The third-order valence-corrected chi connectivity index (χ3v) is 11.1. The monoisotopic (exact) mass is 912 g/mol. The number of hydrogen-bond acceptors (Lipinski definition) is 9. The zero-order valence-electron chi connectivity index (χ0n) is 34.2. The van der Waals surface area contributed by atoms with Crippen LogP contribution in [-0.4, -0.2) is 112 Å². The van der Waals surface area contributed by atoms with Crippen LogP contribution in [0.3, 0.4) is 0 Å². The number of alkyl halides is 15. The summed E-state index contributed by atoms with van der Waals surface area (Å²) in [5.74, 6) is -41.4. The number of rotatable bonds is 13. The molecule has 9 atom stereocenters. The van der Waals surface area contributed by atoms with Crippen molar-refractivity contribution in [3.8, 4) is 0 Å². The smallest absolute Gasteiger partial charge is 0.317 e. The van der Waals surface area contributed by atoms with Gasteiger partial charge in [0, 0.05) is 47.0 Å². The molecule has 3 rings (SSSR count). The van der Waals surface area contributed by atoms with E-state index in [1.165, 1.54) is 20.8 Å². The Morgan fingerprint density at radius 2 is 0.900 bits per heavy atom. The number of ether oxygens (including phenoxy) is 6. The zero-order chi connectivity index (χ0) is 47.3. The van der Waals surface area contributed by atoms with Crippen molar-refractivity contribution in [1.29, 1.82) is 0 Å². The van der Waals surface area contributed by atoms with Gasteiger partial charge in [-0.2, -0.15) is 0 Å². The predicted octanol–water partition coefficient (Wildman–Crippen LogP) is 9.54. The van der Waals surface area contributed by atoms with Crippen molar-refractivity contribution in [1.82, 2.24) is 0 Å². The fourth-order valence-corrected chi connectivity index (χ4v) is 7.54. The molecule has 9 unspecified atom stereocenters. The molecule has 24 heteroatoms. The van der Waals surface area contributed by atoms with E-state index in [0.717, 1.165) is 21.3 Å². The highest BCUT2D eigenvalue weighted by Crippen LogP contribution is 2.62. The second kappa shape index (κ2) is 19.7. The quantitative estimate of drug-likeness (QED) is 0.0774. The Labute approximate surface area is 336 Å². The lowest BCUT2D eigenvalue weighted by molar-refractivity contribution is -0.305. The van der Waals surface area contributed by atoms with Crippen LogP contribution in [0.1, 0.15) is 80.1 Å². The largest absolute Gasteiger partial charge is 0.438 e. The second-order valence-corrected chi connectivity index (χ2v) is 15.3. The van der Waals surface area contributed by atoms with Gasteiger partial charge in [-0.05, 0) is 51.4 Å². The summed E-state index contributed by atoms with van der Waals surface area (Å²) in [6.45, 7) is 2.53. The minimum atomic E-state index is -4.52. The molecule has 0 amide bonds. The maximum absolute atomic E-state index is 14.5. The number of halogens is 15. The molecule has 3 saturated carbocycles. The Morgan fingerprint density at radius 1 is 0.550 bits per heavy atom. The average Bonchev–Trinajstić information content (AvgIpc) is 3.34. The Hall–Kier alpha value is -2.76. The van der Waals surface area contributed by atoms with Gasteiger partial charge in [-0.25, -0.2) is 65.9 Å². The molecule has 0 aromatic rings. The normalized spacial score (nSPS) is 34.2. The summed E-state index contributed by atoms with van der Waals surface area (Å²) in [6.07, 6.45) is -3.42. The first-order valence-corrected chi connectivity index (χ1v) is 18.3. The van der Waals surface area contributed by atoms with E-state index >= 15 is 0 Å². The van der Waals surface area contributed by atoms with E-state index in [1.54, 1.807) is 0 Å². The van der Waals surface area contributed by atoms with E-state index < -0.39 is 152 Å². The fraction of sp³-hybridized carbons (Fsp3) is 0.917. The molecule has 3 fully saturated rings. The van der Waals surface area contributed by atoms with Crippen LogP contribution in [0.2, 0.25) is 0 Å². The number of carbonyl (C=O) groups excluding carboxylic acids is 3. The SMILES string of the molecule is CCC1CC(C(=O)OCOC)C(F)(F)C(C)(F)C1(F)F.CCC1CC(C(=O)OCOC)C(F)(F)C1(F)C(C)(F)F.COCOC(=O)C1CC(C)CC(F)(C(C)(F)F)C1(F)F. The van der Waals surface area contributed by atoms with Crippen LogP contribution >= 0.6 is 0 Å². The van der Waals surface area contributed by atoms with Gasteiger partial charge in [0.1, 0.15) is 17.8 Å². The van der Waals surface area contributed by atoms with E-state index in [-0.39, 0.29) is 33.6 Å².